The van der Waals surface area contributed by atoms with E-state index >= 15 is 0 Å². The second-order valence-electron chi connectivity index (χ2n) is 6.17. The van der Waals surface area contributed by atoms with Crippen LogP contribution in [0.5, 0.6) is 5.75 Å². The zero-order valence-electron chi connectivity index (χ0n) is 13.7. The molecule has 0 saturated heterocycles. The van der Waals surface area contributed by atoms with Gasteiger partial charge in [-0.1, -0.05) is 6.07 Å². The molecule has 0 atom stereocenters. The number of aromatic nitrogens is 2. The van der Waals surface area contributed by atoms with Crippen LogP contribution in [0.1, 0.15) is 28.9 Å². The van der Waals surface area contributed by atoms with Gasteiger partial charge in [0.1, 0.15) is 11.4 Å². The van der Waals surface area contributed by atoms with Crippen molar-refractivity contribution in [3.05, 3.63) is 47.8 Å². The fraction of sp³-hybridized carbons (Fsp3) is 0.412. The molecule has 0 bridgehead atoms. The fourth-order valence-electron chi connectivity index (χ4n) is 2.42. The standard InChI is InChI=1S/C17H18F3N3O2/c1-22(10-12-5-6-12)16(24)15-7-8-23(21-15)11-25-14-4-2-3-13(9-14)17(18,19)20/h2-4,7-9,12H,5-6,10-11H2,1H3. The van der Waals surface area contributed by atoms with E-state index in [2.05, 4.69) is 5.10 Å². The third-order valence-electron chi connectivity index (χ3n) is 3.96. The first-order valence-electron chi connectivity index (χ1n) is 7.92. The number of carbonyl (C=O) groups excluding carboxylic acids is 1. The fourth-order valence-corrected chi connectivity index (χ4v) is 2.42. The summed E-state index contributed by atoms with van der Waals surface area (Å²) in [6.45, 7) is 0.632. The molecule has 0 radical (unpaired) electrons. The van der Waals surface area contributed by atoms with Crippen molar-refractivity contribution in [3.63, 3.8) is 0 Å². The molecular formula is C17H18F3N3O2. The van der Waals surface area contributed by atoms with Crippen LogP contribution in [0.2, 0.25) is 0 Å². The smallest absolute Gasteiger partial charge is 0.416 e. The predicted octanol–water partition coefficient (Wildman–Crippen LogP) is 3.42. The van der Waals surface area contributed by atoms with Crippen LogP contribution >= 0.6 is 0 Å². The van der Waals surface area contributed by atoms with Crippen LogP contribution in [0.15, 0.2) is 36.5 Å². The zero-order valence-corrected chi connectivity index (χ0v) is 13.7. The molecule has 1 amide bonds. The number of benzene rings is 1. The summed E-state index contributed by atoms with van der Waals surface area (Å²) >= 11 is 0. The Hall–Kier alpha value is -2.51. The number of carbonyl (C=O) groups is 1. The first kappa shape index (κ1) is 17.3. The molecule has 1 aliphatic carbocycles. The van der Waals surface area contributed by atoms with Crippen LogP contribution in [-0.4, -0.2) is 34.2 Å². The van der Waals surface area contributed by atoms with E-state index in [0.29, 0.717) is 12.5 Å². The summed E-state index contributed by atoms with van der Waals surface area (Å²) in [5.41, 5.74) is -0.487. The molecule has 3 rings (SSSR count). The molecule has 0 N–H and O–H groups in total. The van der Waals surface area contributed by atoms with E-state index in [-0.39, 0.29) is 24.1 Å². The van der Waals surface area contributed by atoms with Crippen molar-refractivity contribution in [2.45, 2.75) is 25.7 Å². The Morgan fingerprint density at radius 1 is 1.36 bits per heavy atom. The quantitative estimate of drug-likeness (QED) is 0.799. The van der Waals surface area contributed by atoms with Gasteiger partial charge in [0.05, 0.1) is 5.56 Å². The van der Waals surface area contributed by atoms with Gasteiger partial charge in [-0.2, -0.15) is 18.3 Å². The molecule has 0 aliphatic heterocycles. The molecular weight excluding hydrogens is 335 g/mol. The molecule has 2 aromatic rings. The number of rotatable bonds is 6. The van der Waals surface area contributed by atoms with Crippen LogP contribution in [0, 0.1) is 5.92 Å². The number of halogens is 3. The van der Waals surface area contributed by atoms with E-state index in [0.717, 1.165) is 25.0 Å². The summed E-state index contributed by atoms with van der Waals surface area (Å²) < 4.78 is 44.7. The van der Waals surface area contributed by atoms with Crippen LogP contribution in [0.25, 0.3) is 0 Å². The first-order valence-corrected chi connectivity index (χ1v) is 7.92. The lowest BCUT2D eigenvalue weighted by Crippen LogP contribution is -2.29. The molecule has 1 saturated carbocycles. The summed E-state index contributed by atoms with van der Waals surface area (Å²) in [5.74, 6) is 0.494. The summed E-state index contributed by atoms with van der Waals surface area (Å²) in [6.07, 6.45) is -0.559. The van der Waals surface area contributed by atoms with Crippen molar-refractivity contribution in [3.8, 4) is 5.75 Å². The first-order chi connectivity index (χ1) is 11.8. The Kier molecular flexibility index (Phi) is 4.69. The van der Waals surface area contributed by atoms with Crippen LogP contribution < -0.4 is 4.74 Å². The summed E-state index contributed by atoms with van der Waals surface area (Å²) in [4.78, 5) is 13.9. The molecule has 1 fully saturated rings. The van der Waals surface area contributed by atoms with Crippen LogP contribution in [0.4, 0.5) is 13.2 Å². The van der Waals surface area contributed by atoms with E-state index in [9.17, 15) is 18.0 Å². The maximum absolute atomic E-state index is 12.7. The van der Waals surface area contributed by atoms with E-state index in [1.165, 1.54) is 16.8 Å². The van der Waals surface area contributed by atoms with Crippen molar-refractivity contribution < 1.29 is 22.7 Å². The maximum Gasteiger partial charge on any atom is 0.416 e. The Morgan fingerprint density at radius 3 is 2.80 bits per heavy atom. The minimum absolute atomic E-state index is 0.0824. The van der Waals surface area contributed by atoms with E-state index in [1.54, 1.807) is 24.2 Å². The highest BCUT2D eigenvalue weighted by molar-refractivity contribution is 5.92. The minimum Gasteiger partial charge on any atom is -0.471 e. The van der Waals surface area contributed by atoms with Gasteiger partial charge in [-0.15, -0.1) is 0 Å². The predicted molar refractivity (Wildman–Crippen MR) is 84.0 cm³/mol. The number of nitrogens with zero attached hydrogens (tertiary/aromatic N) is 3. The average Bonchev–Trinajstić information content (AvgIpc) is 3.25. The molecule has 25 heavy (non-hydrogen) atoms. The number of ether oxygens (including phenoxy) is 1. The van der Waals surface area contributed by atoms with Gasteiger partial charge < -0.3 is 9.64 Å². The number of amides is 1. The Bertz CT molecular complexity index is 754. The Morgan fingerprint density at radius 2 is 2.12 bits per heavy atom. The second-order valence-corrected chi connectivity index (χ2v) is 6.17. The van der Waals surface area contributed by atoms with E-state index in [1.807, 2.05) is 0 Å². The third-order valence-corrected chi connectivity index (χ3v) is 3.96. The molecule has 1 heterocycles. The lowest BCUT2D eigenvalue weighted by molar-refractivity contribution is -0.137. The van der Waals surface area contributed by atoms with Crippen molar-refractivity contribution in [2.24, 2.45) is 5.92 Å². The van der Waals surface area contributed by atoms with Crippen molar-refractivity contribution in [2.75, 3.05) is 13.6 Å². The minimum atomic E-state index is -4.42. The summed E-state index contributed by atoms with van der Waals surface area (Å²) in [6, 6.07) is 6.20. The third kappa shape index (κ3) is 4.52. The number of hydrogen-bond acceptors (Lipinski definition) is 3. The van der Waals surface area contributed by atoms with Crippen molar-refractivity contribution in [1.29, 1.82) is 0 Å². The van der Waals surface area contributed by atoms with Gasteiger partial charge in [-0.25, -0.2) is 4.68 Å². The summed E-state index contributed by atoms with van der Waals surface area (Å²) in [5, 5.41) is 4.12. The molecule has 8 heteroatoms. The Balaban J connectivity index is 1.59. The van der Waals surface area contributed by atoms with Crippen LogP contribution in [-0.2, 0) is 12.9 Å². The van der Waals surface area contributed by atoms with Gasteiger partial charge in [0.15, 0.2) is 6.73 Å². The second kappa shape index (κ2) is 6.78. The van der Waals surface area contributed by atoms with E-state index in [4.69, 9.17) is 4.74 Å². The van der Waals surface area contributed by atoms with E-state index < -0.39 is 11.7 Å². The SMILES string of the molecule is CN(CC1CC1)C(=O)c1ccn(COc2cccc(C(F)(F)F)c2)n1. The largest absolute Gasteiger partial charge is 0.471 e. The molecule has 1 aromatic heterocycles. The molecule has 0 unspecified atom stereocenters. The molecule has 1 aromatic carbocycles. The monoisotopic (exact) mass is 353 g/mol. The van der Waals surface area contributed by atoms with Gasteiger partial charge in [-0.3, -0.25) is 4.79 Å². The number of alkyl halides is 3. The van der Waals surface area contributed by atoms with Crippen molar-refractivity contribution in [1.82, 2.24) is 14.7 Å². The molecule has 1 aliphatic rings. The highest BCUT2D eigenvalue weighted by atomic mass is 19.4. The summed E-state index contributed by atoms with van der Waals surface area (Å²) in [7, 11) is 1.73. The zero-order chi connectivity index (χ0) is 18.0. The lowest BCUT2D eigenvalue weighted by atomic mass is 10.2. The normalized spacial score (nSPS) is 14.4. The molecule has 5 nitrogen and oxygen atoms in total. The average molecular weight is 353 g/mol. The molecule has 0 spiro atoms. The van der Waals surface area contributed by atoms with Gasteiger partial charge >= 0.3 is 6.18 Å². The van der Waals surface area contributed by atoms with Crippen molar-refractivity contribution >= 4 is 5.91 Å². The highest BCUT2D eigenvalue weighted by Crippen LogP contribution is 2.31. The Labute approximate surface area is 143 Å². The topological polar surface area (TPSA) is 47.4 Å². The highest BCUT2D eigenvalue weighted by Gasteiger charge is 2.30. The van der Waals surface area contributed by atoms with Gasteiger partial charge in [0.2, 0.25) is 0 Å². The maximum atomic E-state index is 12.7. The van der Waals surface area contributed by atoms with Gasteiger partial charge in [-0.05, 0) is 43.0 Å². The van der Waals surface area contributed by atoms with Gasteiger partial charge in [0, 0.05) is 19.8 Å². The van der Waals surface area contributed by atoms with Crippen LogP contribution in [0.3, 0.4) is 0 Å². The lowest BCUT2D eigenvalue weighted by Gasteiger charge is -2.15. The molecule has 134 valence electrons. The van der Waals surface area contributed by atoms with Gasteiger partial charge in [0.25, 0.3) is 5.91 Å². The number of hydrogen-bond donors (Lipinski definition) is 0.